The van der Waals surface area contributed by atoms with Gasteiger partial charge < -0.3 is 9.88 Å². The molecule has 1 heterocycles. The Bertz CT molecular complexity index is 594. The Labute approximate surface area is 131 Å². The van der Waals surface area contributed by atoms with Crippen LogP contribution in [0.1, 0.15) is 33.1 Å². The molecule has 0 spiro atoms. The molecular weight excluding hydrogens is 282 g/mol. The number of nitrogens with one attached hydrogen (secondary N) is 1. The summed E-state index contributed by atoms with van der Waals surface area (Å²) in [7, 11) is 0. The molecule has 1 N–H and O–H groups in total. The fourth-order valence-electron chi connectivity index (χ4n) is 3.27. The number of rotatable bonds is 3. The minimum atomic E-state index is 0.509. The lowest BCUT2D eigenvalue weighted by molar-refractivity contribution is 0.253. The number of halogens is 1. The molecule has 0 bridgehead atoms. The fourth-order valence-corrected chi connectivity index (χ4v) is 3.54. The highest BCUT2D eigenvalue weighted by molar-refractivity contribution is 6.33. The van der Waals surface area contributed by atoms with E-state index < -0.39 is 0 Å². The first-order valence-electron chi connectivity index (χ1n) is 7.70. The van der Waals surface area contributed by atoms with Crippen LogP contribution in [0.3, 0.4) is 0 Å². The summed E-state index contributed by atoms with van der Waals surface area (Å²) >= 11 is 6.41. The predicted octanol–water partition coefficient (Wildman–Crippen LogP) is 4.76. The van der Waals surface area contributed by atoms with Gasteiger partial charge in [-0.05, 0) is 30.4 Å². The normalized spacial score (nSPS) is 25.8. The third kappa shape index (κ3) is 2.93. The van der Waals surface area contributed by atoms with Crippen LogP contribution in [0.5, 0.6) is 0 Å². The molecule has 21 heavy (non-hydrogen) atoms. The summed E-state index contributed by atoms with van der Waals surface area (Å²) in [5, 5.41) is 4.47. The molecule has 0 radical (unpaired) electrons. The van der Waals surface area contributed by atoms with Crippen LogP contribution in [0.2, 0.25) is 5.02 Å². The molecular formula is C17H22ClN3. The van der Waals surface area contributed by atoms with Crippen LogP contribution in [-0.4, -0.2) is 15.6 Å². The van der Waals surface area contributed by atoms with Gasteiger partial charge in [0.2, 0.25) is 0 Å². The van der Waals surface area contributed by atoms with Gasteiger partial charge in [0.05, 0.1) is 22.7 Å². The zero-order valence-corrected chi connectivity index (χ0v) is 13.3. The monoisotopic (exact) mass is 303 g/mol. The molecule has 112 valence electrons. The Balaban J connectivity index is 1.91. The van der Waals surface area contributed by atoms with Crippen molar-refractivity contribution >= 4 is 17.3 Å². The number of aromatic nitrogens is 2. The number of hydrogen-bond acceptors (Lipinski definition) is 2. The summed E-state index contributed by atoms with van der Waals surface area (Å²) in [6.45, 7) is 4.70. The van der Waals surface area contributed by atoms with Gasteiger partial charge in [-0.2, -0.15) is 0 Å². The van der Waals surface area contributed by atoms with Crippen LogP contribution in [0.4, 0.5) is 5.69 Å². The van der Waals surface area contributed by atoms with Gasteiger partial charge in [0.15, 0.2) is 0 Å². The lowest BCUT2D eigenvalue weighted by Crippen LogP contribution is -2.35. The van der Waals surface area contributed by atoms with Crippen molar-refractivity contribution in [1.29, 1.82) is 0 Å². The smallest absolute Gasteiger partial charge is 0.0992 e. The van der Waals surface area contributed by atoms with Crippen molar-refractivity contribution in [2.45, 2.75) is 39.2 Å². The van der Waals surface area contributed by atoms with Crippen molar-refractivity contribution in [2.75, 3.05) is 5.32 Å². The average Bonchev–Trinajstić information content (AvgIpc) is 2.98. The van der Waals surface area contributed by atoms with E-state index in [1.165, 1.54) is 19.3 Å². The number of hydrogen-bond donors (Lipinski definition) is 1. The third-order valence-corrected chi connectivity index (χ3v) is 5.10. The fraction of sp³-hybridized carbons (Fsp3) is 0.471. The van der Waals surface area contributed by atoms with Gasteiger partial charge in [-0.3, -0.25) is 0 Å². The van der Waals surface area contributed by atoms with E-state index >= 15 is 0 Å². The lowest BCUT2D eigenvalue weighted by Gasteiger charge is -2.35. The molecule has 1 fully saturated rings. The van der Waals surface area contributed by atoms with Gasteiger partial charge >= 0.3 is 0 Å². The van der Waals surface area contributed by atoms with Gasteiger partial charge in [-0.15, -0.1) is 0 Å². The highest BCUT2D eigenvalue weighted by Crippen LogP contribution is 2.34. The van der Waals surface area contributed by atoms with Crippen molar-refractivity contribution < 1.29 is 0 Å². The predicted molar refractivity (Wildman–Crippen MR) is 88.2 cm³/mol. The second-order valence-electron chi connectivity index (χ2n) is 6.12. The van der Waals surface area contributed by atoms with Crippen LogP contribution in [0.25, 0.3) is 5.69 Å². The Hall–Kier alpha value is -1.48. The van der Waals surface area contributed by atoms with Gasteiger partial charge in [0.25, 0.3) is 0 Å². The zero-order chi connectivity index (χ0) is 14.8. The Kier molecular flexibility index (Phi) is 4.20. The number of para-hydroxylation sites is 1. The molecule has 2 aromatic rings. The van der Waals surface area contributed by atoms with Crippen LogP contribution < -0.4 is 5.32 Å². The first kappa shape index (κ1) is 14.5. The summed E-state index contributed by atoms with van der Waals surface area (Å²) in [5.74, 6) is 1.44. The maximum Gasteiger partial charge on any atom is 0.0992 e. The van der Waals surface area contributed by atoms with Crippen molar-refractivity contribution in [2.24, 2.45) is 11.8 Å². The van der Waals surface area contributed by atoms with E-state index in [1.54, 1.807) is 12.5 Å². The molecule has 0 saturated heterocycles. The van der Waals surface area contributed by atoms with E-state index in [9.17, 15) is 0 Å². The Morgan fingerprint density at radius 2 is 2.14 bits per heavy atom. The number of anilines is 1. The van der Waals surface area contributed by atoms with Gasteiger partial charge in [0.1, 0.15) is 0 Å². The number of imidazole rings is 1. The van der Waals surface area contributed by atoms with Gasteiger partial charge in [-0.1, -0.05) is 44.4 Å². The first-order valence-corrected chi connectivity index (χ1v) is 8.08. The number of benzene rings is 1. The molecule has 1 aromatic carbocycles. The molecule has 3 rings (SSSR count). The van der Waals surface area contributed by atoms with E-state index in [4.69, 9.17) is 11.6 Å². The molecule has 1 aliphatic carbocycles. The highest BCUT2D eigenvalue weighted by atomic mass is 35.5. The molecule has 0 amide bonds. The summed E-state index contributed by atoms with van der Waals surface area (Å²) in [4.78, 5) is 4.13. The van der Waals surface area contributed by atoms with E-state index in [1.807, 2.05) is 22.9 Å². The molecule has 1 aromatic heterocycles. The van der Waals surface area contributed by atoms with Gasteiger partial charge in [-0.25, -0.2) is 4.98 Å². The molecule has 0 aliphatic heterocycles. The second-order valence-corrected chi connectivity index (χ2v) is 6.53. The van der Waals surface area contributed by atoms with Crippen LogP contribution in [-0.2, 0) is 0 Å². The van der Waals surface area contributed by atoms with E-state index in [2.05, 4.69) is 30.2 Å². The van der Waals surface area contributed by atoms with Crippen molar-refractivity contribution in [1.82, 2.24) is 9.55 Å². The largest absolute Gasteiger partial charge is 0.380 e. The average molecular weight is 304 g/mol. The molecule has 3 atom stereocenters. The molecule has 3 nitrogen and oxygen atoms in total. The van der Waals surface area contributed by atoms with Crippen molar-refractivity contribution in [3.05, 3.63) is 41.9 Å². The van der Waals surface area contributed by atoms with E-state index in [0.717, 1.165) is 22.3 Å². The molecule has 4 heteroatoms. The maximum absolute atomic E-state index is 6.41. The van der Waals surface area contributed by atoms with Crippen molar-refractivity contribution in [3.63, 3.8) is 0 Å². The van der Waals surface area contributed by atoms with Gasteiger partial charge in [0, 0.05) is 18.4 Å². The van der Waals surface area contributed by atoms with Crippen LogP contribution in [0, 0.1) is 11.8 Å². The minimum Gasteiger partial charge on any atom is -0.380 e. The minimum absolute atomic E-state index is 0.509. The van der Waals surface area contributed by atoms with E-state index in [-0.39, 0.29) is 0 Å². The summed E-state index contributed by atoms with van der Waals surface area (Å²) in [5.41, 5.74) is 2.08. The summed E-state index contributed by atoms with van der Waals surface area (Å²) in [6, 6.07) is 6.54. The van der Waals surface area contributed by atoms with Crippen LogP contribution in [0.15, 0.2) is 36.9 Å². The molecule has 3 unspecified atom stereocenters. The second kappa shape index (κ2) is 6.10. The molecule has 1 aliphatic rings. The highest BCUT2D eigenvalue weighted by Gasteiger charge is 2.27. The lowest BCUT2D eigenvalue weighted by atomic mass is 9.78. The zero-order valence-electron chi connectivity index (χ0n) is 12.6. The maximum atomic E-state index is 6.41. The quantitative estimate of drug-likeness (QED) is 0.885. The third-order valence-electron chi connectivity index (χ3n) is 4.80. The van der Waals surface area contributed by atoms with E-state index in [0.29, 0.717) is 12.0 Å². The first-order chi connectivity index (χ1) is 10.2. The SMILES string of the molecule is CC1CCCC(Nc2cccc(Cl)c2-n2ccnc2)C1C. The topological polar surface area (TPSA) is 29.9 Å². The Morgan fingerprint density at radius 3 is 2.90 bits per heavy atom. The molecule has 1 saturated carbocycles. The van der Waals surface area contributed by atoms with Crippen LogP contribution >= 0.6 is 11.6 Å². The standard InChI is InChI=1S/C17H22ClN3/c1-12-5-3-7-15(13(12)2)20-16-8-4-6-14(18)17(16)21-10-9-19-11-21/h4,6,8-13,15,20H,3,5,7H2,1-2H3. The Morgan fingerprint density at radius 1 is 1.29 bits per heavy atom. The van der Waals surface area contributed by atoms with Crippen molar-refractivity contribution in [3.8, 4) is 5.69 Å². The summed E-state index contributed by atoms with van der Waals surface area (Å²) < 4.78 is 1.97. The summed E-state index contributed by atoms with van der Waals surface area (Å²) in [6.07, 6.45) is 9.35. The number of nitrogens with zero attached hydrogens (tertiary/aromatic N) is 2.